The molecule has 2 heterocycles. The molecular weight excluding hydrogens is 266 g/mol. The first kappa shape index (κ1) is 15.7. The van der Waals surface area contributed by atoms with Crippen LogP contribution >= 0.6 is 0 Å². The van der Waals surface area contributed by atoms with Crippen LogP contribution < -0.4 is 10.5 Å². The van der Waals surface area contributed by atoms with Gasteiger partial charge in [0.1, 0.15) is 5.78 Å². The van der Waals surface area contributed by atoms with Gasteiger partial charge in [-0.2, -0.15) is 5.10 Å². The predicted octanol–water partition coefficient (Wildman–Crippen LogP) is 2.24. The van der Waals surface area contributed by atoms with Crippen LogP contribution in [0.25, 0.3) is 0 Å². The number of aryl methyl sites for hydroxylation is 1. The van der Waals surface area contributed by atoms with Gasteiger partial charge in [-0.15, -0.1) is 0 Å². The summed E-state index contributed by atoms with van der Waals surface area (Å²) in [7, 11) is 0. The average molecular weight is 291 g/mol. The number of nitrogens with zero attached hydrogens (tertiary/aromatic N) is 3. The molecule has 0 N–H and O–H groups in total. The van der Waals surface area contributed by atoms with E-state index in [1.807, 2.05) is 6.92 Å². The monoisotopic (exact) mass is 291 g/mol. The number of hydrogen-bond acceptors (Lipinski definition) is 4. The zero-order valence-corrected chi connectivity index (χ0v) is 13.0. The van der Waals surface area contributed by atoms with E-state index in [4.69, 9.17) is 0 Å². The summed E-state index contributed by atoms with van der Waals surface area (Å²) < 4.78 is 1.46. The van der Waals surface area contributed by atoms with E-state index in [0.29, 0.717) is 25.8 Å². The number of aromatic nitrogens is 2. The Morgan fingerprint density at radius 1 is 1.38 bits per heavy atom. The molecule has 21 heavy (non-hydrogen) atoms. The van der Waals surface area contributed by atoms with Crippen LogP contribution in [0.15, 0.2) is 17.1 Å². The predicted molar refractivity (Wildman–Crippen MR) is 83.6 cm³/mol. The van der Waals surface area contributed by atoms with Crippen molar-refractivity contribution in [2.45, 2.75) is 52.5 Å². The van der Waals surface area contributed by atoms with Gasteiger partial charge in [0.05, 0.1) is 11.9 Å². The molecule has 1 fully saturated rings. The Hall–Kier alpha value is -1.65. The van der Waals surface area contributed by atoms with Crippen LogP contribution in [0.1, 0.15) is 46.0 Å². The average Bonchev–Trinajstić information content (AvgIpc) is 2.49. The number of ketones is 1. The molecule has 0 spiro atoms. The molecule has 0 aliphatic carbocycles. The summed E-state index contributed by atoms with van der Waals surface area (Å²) in [6, 6.07) is 1.67. The van der Waals surface area contributed by atoms with Gasteiger partial charge in [-0.3, -0.25) is 9.59 Å². The molecule has 1 aliphatic heterocycles. The van der Waals surface area contributed by atoms with Crippen molar-refractivity contribution < 1.29 is 4.79 Å². The Kier molecular flexibility index (Phi) is 5.53. The second-order valence-electron chi connectivity index (χ2n) is 5.94. The van der Waals surface area contributed by atoms with Crippen molar-refractivity contribution in [2.75, 3.05) is 18.0 Å². The van der Waals surface area contributed by atoms with Gasteiger partial charge in [0.2, 0.25) is 0 Å². The van der Waals surface area contributed by atoms with Crippen molar-refractivity contribution >= 4 is 11.5 Å². The van der Waals surface area contributed by atoms with E-state index in [0.717, 1.165) is 24.7 Å². The number of rotatable bonds is 6. The fourth-order valence-corrected chi connectivity index (χ4v) is 2.63. The van der Waals surface area contributed by atoms with E-state index < -0.39 is 0 Å². The van der Waals surface area contributed by atoms with Crippen molar-refractivity contribution in [2.24, 2.45) is 5.92 Å². The number of anilines is 1. The van der Waals surface area contributed by atoms with E-state index in [1.165, 1.54) is 17.5 Å². The second-order valence-corrected chi connectivity index (χ2v) is 5.94. The standard InChI is InChI=1S/C16H25N3O2/c1-3-15(20)5-4-8-19-16(21)11-14(12-17-19)18-9-6-13(2)7-10-18/h11-13H,3-10H2,1-2H3. The Morgan fingerprint density at radius 2 is 2.10 bits per heavy atom. The highest BCUT2D eigenvalue weighted by atomic mass is 16.1. The lowest BCUT2D eigenvalue weighted by Crippen LogP contribution is -2.34. The minimum absolute atomic E-state index is 0.0740. The Labute approximate surface area is 126 Å². The van der Waals surface area contributed by atoms with Crippen LogP contribution in [0.3, 0.4) is 0 Å². The van der Waals surface area contributed by atoms with Crippen LogP contribution in [0.5, 0.6) is 0 Å². The molecule has 0 radical (unpaired) electrons. The third-order valence-electron chi connectivity index (χ3n) is 4.22. The summed E-state index contributed by atoms with van der Waals surface area (Å²) in [4.78, 5) is 25.6. The number of carbonyl (C=O) groups is 1. The van der Waals surface area contributed by atoms with Crippen LogP contribution in [-0.2, 0) is 11.3 Å². The van der Waals surface area contributed by atoms with E-state index in [9.17, 15) is 9.59 Å². The van der Waals surface area contributed by atoms with Crippen LogP contribution in [0.4, 0.5) is 5.69 Å². The quantitative estimate of drug-likeness (QED) is 0.806. The first-order chi connectivity index (χ1) is 10.1. The highest BCUT2D eigenvalue weighted by Crippen LogP contribution is 2.20. The highest BCUT2D eigenvalue weighted by molar-refractivity contribution is 5.77. The molecule has 0 saturated carbocycles. The first-order valence-electron chi connectivity index (χ1n) is 7.94. The molecule has 116 valence electrons. The summed E-state index contributed by atoms with van der Waals surface area (Å²) in [5.74, 6) is 1.01. The zero-order valence-electron chi connectivity index (χ0n) is 13.0. The molecule has 5 heteroatoms. The molecule has 1 saturated heterocycles. The summed E-state index contributed by atoms with van der Waals surface area (Å²) >= 11 is 0. The Bertz CT molecular complexity index is 531. The lowest BCUT2D eigenvalue weighted by molar-refractivity contribution is -0.118. The summed E-state index contributed by atoms with van der Waals surface area (Å²) in [6.07, 6.45) is 5.88. The maximum absolute atomic E-state index is 12.1. The molecule has 0 amide bonds. The number of carbonyl (C=O) groups excluding carboxylic acids is 1. The van der Waals surface area contributed by atoms with Gasteiger partial charge in [-0.25, -0.2) is 4.68 Å². The summed E-state index contributed by atoms with van der Waals surface area (Å²) in [5, 5.41) is 4.25. The van der Waals surface area contributed by atoms with E-state index in [-0.39, 0.29) is 11.3 Å². The first-order valence-corrected chi connectivity index (χ1v) is 7.94. The van der Waals surface area contributed by atoms with Crippen molar-refractivity contribution in [3.8, 4) is 0 Å². The fraction of sp³-hybridized carbons (Fsp3) is 0.688. The van der Waals surface area contributed by atoms with Crippen molar-refractivity contribution in [3.63, 3.8) is 0 Å². The van der Waals surface area contributed by atoms with E-state index in [2.05, 4.69) is 16.9 Å². The lowest BCUT2D eigenvalue weighted by Gasteiger charge is -2.31. The summed E-state index contributed by atoms with van der Waals surface area (Å²) in [5.41, 5.74) is 0.850. The summed E-state index contributed by atoms with van der Waals surface area (Å²) in [6.45, 7) is 6.64. The molecule has 1 aromatic heterocycles. The lowest BCUT2D eigenvalue weighted by atomic mass is 9.99. The second kappa shape index (κ2) is 7.38. The van der Waals surface area contributed by atoms with Crippen LogP contribution in [-0.4, -0.2) is 28.7 Å². The van der Waals surface area contributed by atoms with Gasteiger partial charge in [-0.1, -0.05) is 13.8 Å². The molecule has 2 rings (SSSR count). The van der Waals surface area contributed by atoms with Gasteiger partial charge in [0.25, 0.3) is 5.56 Å². The maximum Gasteiger partial charge on any atom is 0.268 e. The molecular formula is C16H25N3O2. The molecule has 0 bridgehead atoms. The Morgan fingerprint density at radius 3 is 2.71 bits per heavy atom. The van der Waals surface area contributed by atoms with Crippen molar-refractivity contribution in [1.29, 1.82) is 0 Å². The highest BCUT2D eigenvalue weighted by Gasteiger charge is 2.16. The maximum atomic E-state index is 12.1. The van der Waals surface area contributed by atoms with Crippen LogP contribution in [0, 0.1) is 5.92 Å². The van der Waals surface area contributed by atoms with Gasteiger partial charge in [-0.05, 0) is 25.2 Å². The van der Waals surface area contributed by atoms with Gasteiger partial charge in [0.15, 0.2) is 0 Å². The third-order valence-corrected chi connectivity index (χ3v) is 4.22. The number of piperidine rings is 1. The minimum Gasteiger partial charge on any atom is -0.370 e. The normalized spacial score (nSPS) is 16.2. The van der Waals surface area contributed by atoms with E-state index >= 15 is 0 Å². The fourth-order valence-electron chi connectivity index (χ4n) is 2.63. The SMILES string of the molecule is CCC(=O)CCCn1ncc(N2CCC(C)CC2)cc1=O. The van der Waals surface area contributed by atoms with Gasteiger partial charge in [0, 0.05) is 38.5 Å². The number of Topliss-reactive ketones (excluding diaryl/α,β-unsaturated/α-hetero) is 1. The van der Waals surface area contributed by atoms with Gasteiger partial charge < -0.3 is 4.90 Å². The topological polar surface area (TPSA) is 55.2 Å². The largest absolute Gasteiger partial charge is 0.370 e. The minimum atomic E-state index is -0.0740. The third kappa shape index (κ3) is 4.41. The molecule has 0 unspecified atom stereocenters. The molecule has 1 aliphatic rings. The molecule has 0 aromatic carbocycles. The molecule has 5 nitrogen and oxygen atoms in total. The number of hydrogen-bond donors (Lipinski definition) is 0. The van der Waals surface area contributed by atoms with Gasteiger partial charge >= 0.3 is 0 Å². The molecule has 1 aromatic rings. The van der Waals surface area contributed by atoms with Crippen molar-refractivity contribution in [1.82, 2.24) is 9.78 Å². The molecule has 0 atom stereocenters. The Balaban J connectivity index is 1.94. The van der Waals surface area contributed by atoms with E-state index in [1.54, 1.807) is 12.3 Å². The van der Waals surface area contributed by atoms with Crippen LogP contribution in [0.2, 0.25) is 0 Å². The van der Waals surface area contributed by atoms with Crippen molar-refractivity contribution in [3.05, 3.63) is 22.6 Å². The smallest absolute Gasteiger partial charge is 0.268 e. The zero-order chi connectivity index (χ0) is 15.2.